The molecular weight excluding hydrogens is 561 g/mol. The molecule has 0 saturated heterocycles. The number of carbonyl (C=O) groups excluding carboxylic acids is 3. The monoisotopic (exact) mass is 595 g/mol. The van der Waals surface area contributed by atoms with E-state index in [0.29, 0.717) is 28.4 Å². The molecule has 2 amide bonds. The molecule has 1 aliphatic heterocycles. The van der Waals surface area contributed by atoms with E-state index in [4.69, 9.17) is 26.8 Å². The van der Waals surface area contributed by atoms with Crippen molar-refractivity contribution in [1.29, 1.82) is 0 Å². The Hall–Kier alpha value is -3.79. The highest BCUT2D eigenvalue weighted by molar-refractivity contribution is 6.30. The van der Waals surface area contributed by atoms with Crippen molar-refractivity contribution in [3.05, 3.63) is 99.8 Å². The summed E-state index contributed by atoms with van der Waals surface area (Å²) in [5.41, 5.74) is 8.41. The van der Waals surface area contributed by atoms with Gasteiger partial charge in [-0.25, -0.2) is 4.39 Å². The molecule has 0 bridgehead atoms. The molecule has 10 heteroatoms. The van der Waals surface area contributed by atoms with Gasteiger partial charge in [0.25, 0.3) is 5.91 Å². The zero-order valence-electron chi connectivity index (χ0n) is 23.9. The third kappa shape index (κ3) is 7.73. The summed E-state index contributed by atoms with van der Waals surface area (Å²) >= 11 is 6.44. The van der Waals surface area contributed by atoms with Gasteiger partial charge in [0.1, 0.15) is 18.0 Å². The van der Waals surface area contributed by atoms with Crippen LogP contribution in [0.4, 0.5) is 10.1 Å². The first kappa shape index (κ1) is 31.2. The Labute approximate surface area is 249 Å². The first-order chi connectivity index (χ1) is 20.0. The SMILES string of the molecule is CC(=O)OCC(C)(C)CN1C(=O)C(CC(=O)NCc2ccccc2F)OC(c2cccc(CN)c2)c2cc(Cl)ccc21. The van der Waals surface area contributed by atoms with E-state index < -0.39 is 41.2 Å². The van der Waals surface area contributed by atoms with Gasteiger partial charge in [0, 0.05) is 53.8 Å². The molecule has 1 aliphatic rings. The van der Waals surface area contributed by atoms with Crippen molar-refractivity contribution in [1.82, 2.24) is 5.32 Å². The molecule has 0 fully saturated rings. The predicted molar refractivity (Wildman–Crippen MR) is 158 cm³/mol. The Morgan fingerprint density at radius 1 is 1.12 bits per heavy atom. The third-order valence-electron chi connectivity index (χ3n) is 6.95. The van der Waals surface area contributed by atoms with Crippen molar-refractivity contribution in [3.63, 3.8) is 0 Å². The van der Waals surface area contributed by atoms with E-state index in [1.165, 1.54) is 13.0 Å². The smallest absolute Gasteiger partial charge is 0.302 e. The lowest BCUT2D eigenvalue weighted by atomic mass is 9.92. The van der Waals surface area contributed by atoms with Crippen LogP contribution in [0.1, 0.15) is 55.5 Å². The maximum Gasteiger partial charge on any atom is 0.302 e. The van der Waals surface area contributed by atoms with E-state index >= 15 is 0 Å². The van der Waals surface area contributed by atoms with Crippen LogP contribution in [0.15, 0.2) is 66.7 Å². The Morgan fingerprint density at radius 3 is 2.60 bits per heavy atom. The first-order valence-corrected chi connectivity index (χ1v) is 14.0. The third-order valence-corrected chi connectivity index (χ3v) is 7.19. The van der Waals surface area contributed by atoms with Crippen LogP contribution in [0, 0.1) is 11.2 Å². The molecule has 1 heterocycles. The molecule has 3 N–H and O–H groups in total. The van der Waals surface area contributed by atoms with Gasteiger partial charge < -0.3 is 25.4 Å². The molecule has 8 nitrogen and oxygen atoms in total. The number of esters is 1. The van der Waals surface area contributed by atoms with E-state index in [2.05, 4.69) is 5.32 Å². The van der Waals surface area contributed by atoms with Gasteiger partial charge in [0.15, 0.2) is 0 Å². The summed E-state index contributed by atoms with van der Waals surface area (Å²) < 4.78 is 25.9. The normalized spacial score (nSPS) is 16.9. The molecule has 2 unspecified atom stereocenters. The van der Waals surface area contributed by atoms with E-state index in [-0.39, 0.29) is 26.1 Å². The summed E-state index contributed by atoms with van der Waals surface area (Å²) in [7, 11) is 0. The van der Waals surface area contributed by atoms with E-state index in [1.54, 1.807) is 41.3 Å². The van der Waals surface area contributed by atoms with Crippen LogP contribution in [0.2, 0.25) is 5.02 Å². The molecule has 3 aromatic carbocycles. The lowest BCUT2D eigenvalue weighted by Crippen LogP contribution is -2.46. The second-order valence-corrected chi connectivity index (χ2v) is 11.5. The van der Waals surface area contributed by atoms with Gasteiger partial charge in [-0.3, -0.25) is 14.4 Å². The van der Waals surface area contributed by atoms with E-state index in [9.17, 15) is 18.8 Å². The molecule has 4 rings (SSSR count). The van der Waals surface area contributed by atoms with Gasteiger partial charge >= 0.3 is 5.97 Å². The summed E-state index contributed by atoms with van der Waals surface area (Å²) in [5.74, 6) is -1.78. The minimum Gasteiger partial charge on any atom is -0.465 e. The quantitative estimate of drug-likeness (QED) is 0.317. The van der Waals surface area contributed by atoms with E-state index in [1.807, 2.05) is 38.1 Å². The van der Waals surface area contributed by atoms with Crippen LogP contribution in [-0.2, 0) is 36.9 Å². The van der Waals surface area contributed by atoms with Crippen LogP contribution in [-0.4, -0.2) is 37.0 Å². The lowest BCUT2D eigenvalue weighted by molar-refractivity contribution is -0.144. The van der Waals surface area contributed by atoms with Gasteiger partial charge in [-0.1, -0.05) is 67.9 Å². The molecule has 2 atom stereocenters. The number of fused-ring (bicyclic) bond motifs is 1. The summed E-state index contributed by atoms with van der Waals surface area (Å²) in [6.07, 6.45) is -2.24. The van der Waals surface area contributed by atoms with Crippen molar-refractivity contribution < 1.29 is 28.2 Å². The molecule has 222 valence electrons. The highest BCUT2D eigenvalue weighted by Crippen LogP contribution is 2.41. The zero-order valence-corrected chi connectivity index (χ0v) is 24.6. The standard InChI is InChI=1S/C32H35ClFN3O5/c1-20(38)41-19-32(2,3)18-37-27-12-11-24(33)14-25(27)30(22-9-6-7-21(13-22)16-35)42-28(31(37)40)15-29(39)36-17-23-8-4-5-10-26(23)34/h4-14,28,30H,15-19,35H2,1-3H3,(H,36,39). The predicted octanol–water partition coefficient (Wildman–Crippen LogP) is 5.05. The summed E-state index contributed by atoms with van der Waals surface area (Å²) in [4.78, 5) is 40.4. The van der Waals surface area contributed by atoms with Gasteiger partial charge in [0.2, 0.25) is 5.91 Å². The van der Waals surface area contributed by atoms with Crippen LogP contribution in [0.3, 0.4) is 0 Å². The molecule has 0 aliphatic carbocycles. The largest absolute Gasteiger partial charge is 0.465 e. The van der Waals surface area contributed by atoms with Crippen LogP contribution in [0.5, 0.6) is 0 Å². The number of nitrogens with zero attached hydrogens (tertiary/aromatic N) is 1. The fraction of sp³-hybridized carbons (Fsp3) is 0.344. The molecule has 3 aromatic rings. The van der Waals surface area contributed by atoms with Gasteiger partial charge in [0.05, 0.1) is 13.0 Å². The highest BCUT2D eigenvalue weighted by Gasteiger charge is 2.40. The molecule has 0 spiro atoms. The number of amides is 2. The fourth-order valence-electron chi connectivity index (χ4n) is 4.86. The molecule has 42 heavy (non-hydrogen) atoms. The average Bonchev–Trinajstić information content (AvgIpc) is 3.06. The Kier molecular flexibility index (Phi) is 9.98. The summed E-state index contributed by atoms with van der Waals surface area (Å²) in [6.45, 7) is 5.59. The molecule has 0 aromatic heterocycles. The van der Waals surface area contributed by atoms with Crippen LogP contribution >= 0.6 is 11.6 Å². The molecular formula is C32H35ClFN3O5. The number of halogens is 2. The number of hydrogen-bond donors (Lipinski definition) is 2. The van der Waals surface area contributed by atoms with Crippen molar-refractivity contribution in [3.8, 4) is 0 Å². The average molecular weight is 596 g/mol. The second kappa shape index (κ2) is 13.5. The minimum atomic E-state index is -1.19. The van der Waals surface area contributed by atoms with Crippen molar-refractivity contribution in [2.24, 2.45) is 11.1 Å². The van der Waals surface area contributed by atoms with Crippen LogP contribution in [0.25, 0.3) is 0 Å². The lowest BCUT2D eigenvalue weighted by Gasteiger charge is -2.33. The number of anilines is 1. The Morgan fingerprint density at radius 2 is 1.88 bits per heavy atom. The van der Waals surface area contributed by atoms with Crippen molar-refractivity contribution in [2.75, 3.05) is 18.1 Å². The Bertz CT molecular complexity index is 1460. The molecule has 0 radical (unpaired) electrons. The number of nitrogens with two attached hydrogens (primary N) is 1. The zero-order chi connectivity index (χ0) is 30.4. The number of nitrogens with one attached hydrogen (secondary N) is 1. The van der Waals surface area contributed by atoms with Gasteiger partial charge in [-0.15, -0.1) is 0 Å². The number of hydrogen-bond acceptors (Lipinski definition) is 6. The maximum atomic E-state index is 14.2. The van der Waals surface area contributed by atoms with Crippen LogP contribution < -0.4 is 16.0 Å². The summed E-state index contributed by atoms with van der Waals surface area (Å²) in [6, 6.07) is 18.8. The van der Waals surface area contributed by atoms with Crippen molar-refractivity contribution in [2.45, 2.75) is 52.5 Å². The van der Waals surface area contributed by atoms with Gasteiger partial charge in [-0.05, 0) is 35.4 Å². The van der Waals surface area contributed by atoms with Gasteiger partial charge in [-0.2, -0.15) is 0 Å². The van der Waals surface area contributed by atoms with Crippen molar-refractivity contribution >= 4 is 35.1 Å². The topological polar surface area (TPSA) is 111 Å². The first-order valence-electron chi connectivity index (χ1n) is 13.7. The second-order valence-electron chi connectivity index (χ2n) is 11.1. The number of ether oxygens (including phenoxy) is 2. The fourth-order valence-corrected chi connectivity index (χ4v) is 5.04. The minimum absolute atomic E-state index is 0.0383. The summed E-state index contributed by atoms with van der Waals surface area (Å²) in [5, 5.41) is 3.15. The number of carbonyl (C=O) groups is 3. The Balaban J connectivity index is 1.72. The molecule has 0 saturated carbocycles. The number of benzene rings is 3. The maximum absolute atomic E-state index is 14.2. The van der Waals surface area contributed by atoms with E-state index in [0.717, 1.165) is 11.1 Å². The highest BCUT2D eigenvalue weighted by atomic mass is 35.5. The number of rotatable bonds is 10.